The van der Waals surface area contributed by atoms with Gasteiger partial charge in [0, 0.05) is 26.6 Å². The number of ether oxygens (including phenoxy) is 2. The minimum atomic E-state index is 0.301. The number of nitrogens with zero attached hydrogens (tertiary/aromatic N) is 2. The first-order chi connectivity index (χ1) is 15.6. The summed E-state index contributed by atoms with van der Waals surface area (Å²) in [6, 6.07) is 20.9. The van der Waals surface area contributed by atoms with Crippen LogP contribution >= 0.6 is 34.5 Å². The Bertz CT molecular complexity index is 1230. The molecule has 4 rings (SSSR count). The number of halogens is 2. The molecule has 0 aliphatic carbocycles. The SMILES string of the molecule is COc1cc(C=NNc2nc(-c3ccccc3)cs2)ccc1OCc1ccc(Cl)cc1Cl. The molecular formula is C24H19Cl2N3O2S. The smallest absolute Gasteiger partial charge is 0.203 e. The Labute approximate surface area is 200 Å². The van der Waals surface area contributed by atoms with Crippen LogP contribution in [0, 0.1) is 0 Å². The Balaban J connectivity index is 1.39. The van der Waals surface area contributed by atoms with Crippen LogP contribution in [0.25, 0.3) is 11.3 Å². The molecule has 0 saturated heterocycles. The molecule has 0 aliphatic heterocycles. The standard InChI is InChI=1S/C24H19Cl2N3O2S/c1-30-23-11-16(7-10-22(23)31-14-18-8-9-19(25)12-20(18)26)13-27-29-24-28-21(15-32-24)17-5-3-2-4-6-17/h2-13,15H,14H2,1H3,(H,28,29). The van der Waals surface area contributed by atoms with Crippen molar-refractivity contribution in [3.8, 4) is 22.8 Å². The molecule has 1 N–H and O–H groups in total. The summed E-state index contributed by atoms with van der Waals surface area (Å²) in [4.78, 5) is 4.56. The van der Waals surface area contributed by atoms with Gasteiger partial charge in [-0.05, 0) is 35.9 Å². The van der Waals surface area contributed by atoms with E-state index in [1.165, 1.54) is 11.3 Å². The summed E-state index contributed by atoms with van der Waals surface area (Å²) >= 11 is 13.7. The number of nitrogens with one attached hydrogen (secondary N) is 1. The Hall–Kier alpha value is -3.06. The maximum absolute atomic E-state index is 6.21. The highest BCUT2D eigenvalue weighted by atomic mass is 35.5. The van der Waals surface area contributed by atoms with Crippen LogP contribution in [0.4, 0.5) is 5.13 Å². The van der Waals surface area contributed by atoms with Crippen LogP contribution in [-0.2, 0) is 6.61 Å². The Kier molecular flexibility index (Phi) is 7.27. The van der Waals surface area contributed by atoms with Gasteiger partial charge in [0.15, 0.2) is 11.5 Å². The van der Waals surface area contributed by atoms with Crippen LogP contribution in [0.3, 0.4) is 0 Å². The van der Waals surface area contributed by atoms with Crippen molar-refractivity contribution in [1.29, 1.82) is 0 Å². The number of hydrogen-bond donors (Lipinski definition) is 1. The van der Waals surface area contributed by atoms with Gasteiger partial charge in [0.1, 0.15) is 6.61 Å². The minimum Gasteiger partial charge on any atom is -0.493 e. The molecule has 162 valence electrons. The molecular weight excluding hydrogens is 465 g/mol. The Morgan fingerprint density at radius 1 is 1.03 bits per heavy atom. The van der Waals surface area contributed by atoms with Gasteiger partial charge in [0.2, 0.25) is 5.13 Å². The monoisotopic (exact) mass is 483 g/mol. The van der Waals surface area contributed by atoms with E-state index in [9.17, 15) is 0 Å². The van der Waals surface area contributed by atoms with E-state index in [0.717, 1.165) is 22.4 Å². The van der Waals surface area contributed by atoms with Crippen LogP contribution in [0.5, 0.6) is 11.5 Å². The van der Waals surface area contributed by atoms with E-state index in [4.69, 9.17) is 32.7 Å². The van der Waals surface area contributed by atoms with E-state index in [1.807, 2.05) is 60.0 Å². The average molecular weight is 484 g/mol. The van der Waals surface area contributed by atoms with Crippen LogP contribution in [-0.4, -0.2) is 18.3 Å². The molecule has 3 aromatic carbocycles. The number of thiazole rings is 1. The van der Waals surface area contributed by atoms with E-state index < -0.39 is 0 Å². The van der Waals surface area contributed by atoms with Crippen molar-refractivity contribution in [3.05, 3.63) is 93.3 Å². The molecule has 32 heavy (non-hydrogen) atoms. The highest BCUT2D eigenvalue weighted by Gasteiger charge is 2.08. The number of hydrogen-bond acceptors (Lipinski definition) is 6. The molecule has 0 unspecified atom stereocenters. The molecule has 0 amide bonds. The first-order valence-corrected chi connectivity index (χ1v) is 11.3. The largest absolute Gasteiger partial charge is 0.493 e. The molecule has 5 nitrogen and oxygen atoms in total. The van der Waals surface area contributed by atoms with Crippen molar-refractivity contribution in [2.75, 3.05) is 12.5 Å². The molecule has 0 aliphatic rings. The number of anilines is 1. The van der Waals surface area contributed by atoms with Crippen molar-refractivity contribution in [1.82, 2.24) is 4.98 Å². The fourth-order valence-electron chi connectivity index (χ4n) is 2.91. The summed E-state index contributed by atoms with van der Waals surface area (Å²) in [6.07, 6.45) is 1.70. The summed E-state index contributed by atoms with van der Waals surface area (Å²) in [5.41, 5.74) is 6.65. The van der Waals surface area contributed by atoms with Gasteiger partial charge >= 0.3 is 0 Å². The second-order valence-corrected chi connectivity index (χ2v) is 8.41. The lowest BCUT2D eigenvalue weighted by atomic mass is 10.2. The maximum Gasteiger partial charge on any atom is 0.203 e. The lowest BCUT2D eigenvalue weighted by Crippen LogP contribution is -1.99. The fourth-order valence-corrected chi connectivity index (χ4v) is 4.04. The van der Waals surface area contributed by atoms with Crippen LogP contribution in [0.15, 0.2) is 77.2 Å². The van der Waals surface area contributed by atoms with Crippen molar-refractivity contribution < 1.29 is 9.47 Å². The topological polar surface area (TPSA) is 55.7 Å². The van der Waals surface area contributed by atoms with E-state index in [0.29, 0.717) is 33.3 Å². The van der Waals surface area contributed by atoms with E-state index in [2.05, 4.69) is 15.5 Å². The highest BCUT2D eigenvalue weighted by molar-refractivity contribution is 7.14. The molecule has 1 heterocycles. The number of aromatic nitrogens is 1. The Morgan fingerprint density at radius 3 is 2.66 bits per heavy atom. The molecule has 0 spiro atoms. The summed E-state index contributed by atoms with van der Waals surface area (Å²) in [7, 11) is 1.59. The molecule has 0 saturated carbocycles. The van der Waals surface area contributed by atoms with Gasteiger partial charge in [-0.15, -0.1) is 11.3 Å². The average Bonchev–Trinajstić information content (AvgIpc) is 3.28. The zero-order chi connectivity index (χ0) is 22.3. The number of methoxy groups -OCH3 is 1. The van der Waals surface area contributed by atoms with Gasteiger partial charge in [0.05, 0.1) is 19.0 Å². The normalized spacial score (nSPS) is 11.0. The molecule has 0 radical (unpaired) electrons. The summed E-state index contributed by atoms with van der Waals surface area (Å²) in [5.74, 6) is 1.20. The van der Waals surface area contributed by atoms with Crippen LogP contribution in [0.2, 0.25) is 10.0 Å². The molecule has 1 aromatic heterocycles. The lowest BCUT2D eigenvalue weighted by molar-refractivity contribution is 0.284. The van der Waals surface area contributed by atoms with Crippen LogP contribution in [0.1, 0.15) is 11.1 Å². The summed E-state index contributed by atoms with van der Waals surface area (Å²) in [6.45, 7) is 0.301. The minimum absolute atomic E-state index is 0.301. The number of benzene rings is 3. The van der Waals surface area contributed by atoms with Crippen LogP contribution < -0.4 is 14.9 Å². The van der Waals surface area contributed by atoms with Crippen molar-refractivity contribution in [2.45, 2.75) is 6.61 Å². The highest BCUT2D eigenvalue weighted by Crippen LogP contribution is 2.30. The zero-order valence-corrected chi connectivity index (χ0v) is 19.4. The van der Waals surface area contributed by atoms with Crippen molar-refractivity contribution in [3.63, 3.8) is 0 Å². The van der Waals surface area contributed by atoms with Gasteiger partial charge in [-0.25, -0.2) is 4.98 Å². The zero-order valence-electron chi connectivity index (χ0n) is 17.1. The maximum atomic E-state index is 6.21. The molecule has 8 heteroatoms. The number of hydrazone groups is 1. The fraction of sp³-hybridized carbons (Fsp3) is 0.0833. The van der Waals surface area contributed by atoms with Gasteiger partial charge in [-0.1, -0.05) is 59.6 Å². The van der Waals surface area contributed by atoms with Crippen molar-refractivity contribution in [2.24, 2.45) is 5.10 Å². The van der Waals surface area contributed by atoms with E-state index in [1.54, 1.807) is 25.5 Å². The van der Waals surface area contributed by atoms with Gasteiger partial charge < -0.3 is 9.47 Å². The second kappa shape index (κ2) is 10.5. The quantitative estimate of drug-likeness (QED) is 0.213. The third-order valence-corrected chi connectivity index (χ3v) is 5.87. The van der Waals surface area contributed by atoms with Crippen molar-refractivity contribution >= 4 is 45.9 Å². The second-order valence-electron chi connectivity index (χ2n) is 6.71. The van der Waals surface area contributed by atoms with E-state index >= 15 is 0 Å². The van der Waals surface area contributed by atoms with E-state index in [-0.39, 0.29) is 0 Å². The molecule has 0 fully saturated rings. The number of rotatable bonds is 8. The Morgan fingerprint density at radius 2 is 1.88 bits per heavy atom. The summed E-state index contributed by atoms with van der Waals surface area (Å²) < 4.78 is 11.4. The molecule has 0 atom stereocenters. The summed E-state index contributed by atoms with van der Waals surface area (Å²) in [5, 5.41) is 8.14. The van der Waals surface area contributed by atoms with Gasteiger partial charge in [0.25, 0.3) is 0 Å². The first kappa shape index (κ1) is 22.1. The third-order valence-electron chi connectivity index (χ3n) is 4.53. The molecule has 4 aromatic rings. The predicted octanol–water partition coefficient (Wildman–Crippen LogP) is 7.15. The predicted molar refractivity (Wildman–Crippen MR) is 133 cm³/mol. The molecule has 0 bridgehead atoms. The first-order valence-electron chi connectivity index (χ1n) is 9.67. The lowest BCUT2D eigenvalue weighted by Gasteiger charge is -2.12. The third kappa shape index (κ3) is 5.59. The van der Waals surface area contributed by atoms with Gasteiger partial charge in [-0.2, -0.15) is 5.10 Å². The van der Waals surface area contributed by atoms with Gasteiger partial charge in [-0.3, -0.25) is 5.43 Å².